The predicted molar refractivity (Wildman–Crippen MR) is 104 cm³/mol. The smallest absolute Gasteiger partial charge is 0.416 e. The minimum absolute atomic E-state index is 0.0370. The zero-order chi connectivity index (χ0) is 22.1. The number of nitrogens with zero attached hydrogens (tertiary/aromatic N) is 2. The van der Waals surface area contributed by atoms with Crippen molar-refractivity contribution in [2.24, 2.45) is 0 Å². The molecule has 0 aliphatic carbocycles. The van der Waals surface area contributed by atoms with E-state index in [4.69, 9.17) is 9.47 Å². The standard InChI is InChI=1S/C20H14BrF3N2O4/c1-29-18(27)15-16(13-10-11(20(22,23)24)8-9-14(13)21)25-26(17(15)19(28)30-2)12-6-4-3-5-7-12/h3-10H,1-2H3. The van der Waals surface area contributed by atoms with Crippen LogP contribution in [0.1, 0.15) is 26.4 Å². The van der Waals surface area contributed by atoms with Crippen LogP contribution in [-0.4, -0.2) is 35.9 Å². The molecule has 0 unspecified atom stereocenters. The van der Waals surface area contributed by atoms with Gasteiger partial charge < -0.3 is 9.47 Å². The van der Waals surface area contributed by atoms with Gasteiger partial charge in [-0.1, -0.05) is 34.1 Å². The van der Waals surface area contributed by atoms with Gasteiger partial charge in [0.25, 0.3) is 0 Å². The van der Waals surface area contributed by atoms with Crippen LogP contribution in [0.15, 0.2) is 53.0 Å². The van der Waals surface area contributed by atoms with E-state index < -0.39 is 23.7 Å². The second kappa shape index (κ2) is 8.31. The summed E-state index contributed by atoms with van der Waals surface area (Å²) in [6.45, 7) is 0. The van der Waals surface area contributed by atoms with Crippen molar-refractivity contribution in [1.82, 2.24) is 9.78 Å². The predicted octanol–water partition coefficient (Wildman–Crippen LogP) is 4.89. The monoisotopic (exact) mass is 482 g/mol. The Balaban J connectivity index is 2.40. The number of carbonyl (C=O) groups excluding carboxylic acids is 2. The average molecular weight is 483 g/mol. The number of hydrogen-bond donors (Lipinski definition) is 0. The molecule has 0 saturated carbocycles. The second-order valence-corrected chi connectivity index (χ2v) is 6.85. The molecule has 1 heterocycles. The van der Waals surface area contributed by atoms with E-state index in [0.29, 0.717) is 5.69 Å². The molecule has 6 nitrogen and oxygen atoms in total. The minimum atomic E-state index is -4.62. The molecule has 0 bridgehead atoms. The number of para-hydroxylation sites is 1. The van der Waals surface area contributed by atoms with Crippen LogP contribution in [0.4, 0.5) is 13.2 Å². The lowest BCUT2D eigenvalue weighted by Crippen LogP contribution is -2.15. The van der Waals surface area contributed by atoms with E-state index in [2.05, 4.69) is 21.0 Å². The first-order valence-electron chi connectivity index (χ1n) is 8.41. The molecule has 0 spiro atoms. The lowest BCUT2D eigenvalue weighted by molar-refractivity contribution is -0.137. The fourth-order valence-corrected chi connectivity index (χ4v) is 3.26. The van der Waals surface area contributed by atoms with Gasteiger partial charge in [-0.3, -0.25) is 0 Å². The summed E-state index contributed by atoms with van der Waals surface area (Å²) in [7, 11) is 2.21. The van der Waals surface area contributed by atoms with Gasteiger partial charge >= 0.3 is 18.1 Å². The fourth-order valence-electron chi connectivity index (χ4n) is 2.83. The average Bonchev–Trinajstić information content (AvgIpc) is 3.13. The molecule has 0 atom stereocenters. The van der Waals surface area contributed by atoms with Crippen molar-refractivity contribution in [3.63, 3.8) is 0 Å². The second-order valence-electron chi connectivity index (χ2n) is 6.00. The summed E-state index contributed by atoms with van der Waals surface area (Å²) in [5.41, 5.74) is -1.32. The molecule has 2 aromatic carbocycles. The normalized spacial score (nSPS) is 11.3. The summed E-state index contributed by atoms with van der Waals surface area (Å²) in [6.07, 6.45) is -4.62. The van der Waals surface area contributed by atoms with Crippen LogP contribution in [0.5, 0.6) is 0 Å². The number of alkyl halides is 3. The van der Waals surface area contributed by atoms with Crippen LogP contribution in [-0.2, 0) is 15.7 Å². The van der Waals surface area contributed by atoms with Gasteiger partial charge in [-0.15, -0.1) is 0 Å². The van der Waals surface area contributed by atoms with Gasteiger partial charge in [0.05, 0.1) is 25.5 Å². The van der Waals surface area contributed by atoms with Crippen LogP contribution in [0.2, 0.25) is 0 Å². The number of rotatable bonds is 4. The third-order valence-corrected chi connectivity index (χ3v) is 4.89. The van der Waals surface area contributed by atoms with Gasteiger partial charge in [0.2, 0.25) is 0 Å². The molecule has 0 saturated heterocycles. The maximum atomic E-state index is 13.3. The molecule has 156 valence electrons. The zero-order valence-electron chi connectivity index (χ0n) is 15.7. The molecule has 10 heteroatoms. The summed E-state index contributed by atoms with van der Waals surface area (Å²) < 4.78 is 50.8. The molecule has 0 fully saturated rings. The number of halogens is 4. The topological polar surface area (TPSA) is 70.4 Å². The first-order valence-corrected chi connectivity index (χ1v) is 9.20. The van der Waals surface area contributed by atoms with E-state index in [-0.39, 0.29) is 27.0 Å². The van der Waals surface area contributed by atoms with Crippen molar-refractivity contribution in [3.05, 3.63) is 69.8 Å². The molecule has 0 aliphatic heterocycles. The molecule has 3 rings (SSSR count). The highest BCUT2D eigenvalue weighted by Crippen LogP contribution is 2.38. The first kappa shape index (κ1) is 21.6. The van der Waals surface area contributed by atoms with Gasteiger partial charge in [-0.2, -0.15) is 18.3 Å². The van der Waals surface area contributed by atoms with Crippen molar-refractivity contribution >= 4 is 27.9 Å². The number of hydrogen-bond acceptors (Lipinski definition) is 5. The van der Waals surface area contributed by atoms with E-state index in [0.717, 1.165) is 31.0 Å². The number of esters is 2. The molecule has 0 N–H and O–H groups in total. The minimum Gasteiger partial charge on any atom is -0.465 e. The van der Waals surface area contributed by atoms with E-state index in [1.54, 1.807) is 30.3 Å². The number of ether oxygens (including phenoxy) is 2. The summed E-state index contributed by atoms with van der Waals surface area (Å²) in [5.74, 6) is -1.85. The van der Waals surface area contributed by atoms with Crippen molar-refractivity contribution in [1.29, 1.82) is 0 Å². The lowest BCUT2D eigenvalue weighted by Gasteiger charge is -2.10. The van der Waals surface area contributed by atoms with Gasteiger partial charge in [0, 0.05) is 10.0 Å². The first-order chi connectivity index (χ1) is 14.2. The SMILES string of the molecule is COC(=O)c1c(-c2cc(C(F)(F)F)ccc2Br)nn(-c2ccccc2)c1C(=O)OC. The lowest BCUT2D eigenvalue weighted by atomic mass is 10.0. The molecule has 3 aromatic rings. The summed E-state index contributed by atoms with van der Waals surface area (Å²) >= 11 is 3.20. The van der Waals surface area contributed by atoms with Crippen LogP contribution < -0.4 is 0 Å². The Morgan fingerprint density at radius 2 is 1.63 bits per heavy atom. The maximum absolute atomic E-state index is 13.3. The molecule has 30 heavy (non-hydrogen) atoms. The van der Waals surface area contributed by atoms with Crippen molar-refractivity contribution in [2.75, 3.05) is 14.2 Å². The Kier molecular flexibility index (Phi) is 5.97. The third kappa shape index (κ3) is 3.95. The van der Waals surface area contributed by atoms with Crippen LogP contribution in [0.25, 0.3) is 16.9 Å². The molecule has 0 radical (unpaired) electrons. The quantitative estimate of drug-likeness (QED) is 0.495. The highest BCUT2D eigenvalue weighted by molar-refractivity contribution is 9.10. The van der Waals surface area contributed by atoms with Gasteiger partial charge in [0.1, 0.15) is 11.3 Å². The molecular weight excluding hydrogens is 469 g/mol. The summed E-state index contributed by atoms with van der Waals surface area (Å²) in [6, 6.07) is 11.2. The van der Waals surface area contributed by atoms with E-state index >= 15 is 0 Å². The highest BCUT2D eigenvalue weighted by atomic mass is 79.9. The Morgan fingerprint density at radius 1 is 1.00 bits per heavy atom. The molecular formula is C20H14BrF3N2O4. The Hall–Kier alpha value is -3.14. The van der Waals surface area contributed by atoms with E-state index in [1.807, 2.05) is 0 Å². The number of benzene rings is 2. The van der Waals surface area contributed by atoms with E-state index in [9.17, 15) is 22.8 Å². The van der Waals surface area contributed by atoms with Crippen molar-refractivity contribution in [2.45, 2.75) is 6.18 Å². The zero-order valence-corrected chi connectivity index (χ0v) is 17.2. The summed E-state index contributed by atoms with van der Waals surface area (Å²) in [5, 5.41) is 4.29. The molecule has 0 amide bonds. The van der Waals surface area contributed by atoms with Crippen LogP contribution in [0, 0.1) is 0 Å². The summed E-state index contributed by atoms with van der Waals surface area (Å²) in [4.78, 5) is 25.1. The Bertz CT molecular complexity index is 1110. The van der Waals surface area contributed by atoms with Crippen LogP contribution >= 0.6 is 15.9 Å². The number of methoxy groups -OCH3 is 2. The van der Waals surface area contributed by atoms with Gasteiger partial charge in [-0.25, -0.2) is 14.3 Å². The van der Waals surface area contributed by atoms with Gasteiger partial charge in [-0.05, 0) is 30.3 Å². The molecule has 0 aliphatic rings. The largest absolute Gasteiger partial charge is 0.465 e. The van der Waals surface area contributed by atoms with E-state index in [1.165, 1.54) is 6.07 Å². The highest BCUT2D eigenvalue weighted by Gasteiger charge is 2.35. The van der Waals surface area contributed by atoms with Crippen LogP contribution in [0.3, 0.4) is 0 Å². The maximum Gasteiger partial charge on any atom is 0.416 e. The third-order valence-electron chi connectivity index (χ3n) is 4.20. The number of aromatic nitrogens is 2. The van der Waals surface area contributed by atoms with Crippen molar-refractivity contribution in [3.8, 4) is 16.9 Å². The molecule has 1 aromatic heterocycles. The Labute approximate surface area is 177 Å². The fraction of sp³-hybridized carbons (Fsp3) is 0.150. The Morgan fingerprint density at radius 3 is 2.20 bits per heavy atom. The van der Waals surface area contributed by atoms with Gasteiger partial charge in [0.15, 0.2) is 5.69 Å². The number of carbonyl (C=O) groups is 2. The van der Waals surface area contributed by atoms with Crippen molar-refractivity contribution < 1.29 is 32.2 Å².